The zero-order valence-electron chi connectivity index (χ0n) is 17.3. The van der Waals surface area contributed by atoms with Gasteiger partial charge >= 0.3 is 0 Å². The number of fused-ring (bicyclic) bond motifs is 5. The van der Waals surface area contributed by atoms with Crippen LogP contribution in [0.25, 0.3) is 49.0 Å². The van der Waals surface area contributed by atoms with Crippen molar-refractivity contribution in [2.75, 3.05) is 0 Å². The third kappa shape index (κ3) is 1.88. The van der Waals surface area contributed by atoms with Crippen molar-refractivity contribution in [2.45, 2.75) is 27.7 Å². The predicted molar refractivity (Wildman–Crippen MR) is 119 cm³/mol. The van der Waals surface area contributed by atoms with Crippen LogP contribution in [0.3, 0.4) is 0 Å². The molecule has 0 atom stereocenters. The molecule has 0 aliphatic rings. The van der Waals surface area contributed by atoms with Gasteiger partial charge in [0.25, 0.3) is 0 Å². The number of pyridine rings is 2. The van der Waals surface area contributed by atoms with Crippen LogP contribution in [0.4, 0.5) is 4.39 Å². The Labute approximate surface area is 168 Å². The third-order valence-corrected chi connectivity index (χ3v) is 6.92. The maximum absolute atomic E-state index is 14.7. The van der Waals surface area contributed by atoms with Gasteiger partial charge in [-0.2, -0.15) is 0 Å². The lowest BCUT2D eigenvalue weighted by Crippen LogP contribution is -2.29. The molecule has 142 valence electrons. The number of hydrogen-bond acceptors (Lipinski definition) is 0. The molecule has 0 saturated heterocycles. The molecule has 0 aliphatic heterocycles. The number of halogens is 1. The summed E-state index contributed by atoms with van der Waals surface area (Å²) in [6.07, 6.45) is 2.04. The average Bonchev–Trinajstić information content (AvgIpc) is 3.01. The zero-order valence-corrected chi connectivity index (χ0v) is 17.3. The monoisotopic (exact) mass is 381 g/mol. The first-order valence-corrected chi connectivity index (χ1v) is 10.1. The van der Waals surface area contributed by atoms with Crippen LogP contribution in [0.15, 0.2) is 42.6 Å². The van der Waals surface area contributed by atoms with Crippen molar-refractivity contribution < 1.29 is 8.96 Å². The van der Waals surface area contributed by atoms with E-state index < -0.39 is 0 Å². The largest absolute Gasteiger partial charge is 0.307 e. The maximum atomic E-state index is 14.7. The molecule has 0 fully saturated rings. The molecule has 29 heavy (non-hydrogen) atoms. The first-order chi connectivity index (χ1) is 13.9. The SMILES string of the molecule is Cc1cc2c3ccc(C)c(C)c3n3c4cc(F)cc5cc[n+](C)c(c(c1C)c23)c54. The van der Waals surface area contributed by atoms with Gasteiger partial charge in [0.05, 0.1) is 27.3 Å². The molecule has 6 aromatic rings. The van der Waals surface area contributed by atoms with Crippen LogP contribution in [0.1, 0.15) is 22.3 Å². The Morgan fingerprint density at radius 3 is 2.38 bits per heavy atom. The van der Waals surface area contributed by atoms with Gasteiger partial charge in [-0.1, -0.05) is 12.1 Å². The topological polar surface area (TPSA) is 8.29 Å². The van der Waals surface area contributed by atoms with Crippen LogP contribution in [-0.2, 0) is 7.05 Å². The van der Waals surface area contributed by atoms with Crippen LogP contribution in [0.2, 0.25) is 0 Å². The van der Waals surface area contributed by atoms with Crippen molar-refractivity contribution in [3.8, 4) is 0 Å². The van der Waals surface area contributed by atoms with E-state index in [1.54, 1.807) is 12.1 Å². The van der Waals surface area contributed by atoms with E-state index >= 15 is 0 Å². The minimum Gasteiger partial charge on any atom is -0.307 e. The van der Waals surface area contributed by atoms with Crippen molar-refractivity contribution in [3.05, 3.63) is 70.7 Å². The van der Waals surface area contributed by atoms with E-state index in [-0.39, 0.29) is 5.82 Å². The van der Waals surface area contributed by atoms with Crippen molar-refractivity contribution in [2.24, 2.45) is 7.05 Å². The van der Waals surface area contributed by atoms with Gasteiger partial charge in [-0.05, 0) is 73.5 Å². The first kappa shape index (κ1) is 16.7. The Hall–Kier alpha value is -3.20. The van der Waals surface area contributed by atoms with Gasteiger partial charge in [0.2, 0.25) is 5.52 Å². The fourth-order valence-electron chi connectivity index (χ4n) is 5.21. The van der Waals surface area contributed by atoms with E-state index in [1.807, 2.05) is 12.3 Å². The van der Waals surface area contributed by atoms with Gasteiger partial charge in [0, 0.05) is 16.8 Å². The molecule has 3 heteroatoms. The molecule has 3 heterocycles. The summed E-state index contributed by atoms with van der Waals surface area (Å²) < 4.78 is 19.2. The molecule has 3 aromatic heterocycles. The van der Waals surface area contributed by atoms with Crippen LogP contribution in [-0.4, -0.2) is 4.40 Å². The second-order valence-corrected chi connectivity index (χ2v) is 8.49. The molecule has 6 rings (SSSR count). The van der Waals surface area contributed by atoms with E-state index in [0.29, 0.717) is 0 Å². The van der Waals surface area contributed by atoms with Crippen molar-refractivity contribution in [3.63, 3.8) is 0 Å². The van der Waals surface area contributed by atoms with Gasteiger partial charge in [-0.15, -0.1) is 0 Å². The first-order valence-electron chi connectivity index (χ1n) is 10.1. The molecule has 0 aliphatic carbocycles. The lowest BCUT2D eigenvalue weighted by atomic mass is 9.96. The normalized spacial score (nSPS) is 12.5. The zero-order chi connectivity index (χ0) is 20.2. The minimum absolute atomic E-state index is 0.195. The number of nitrogens with zero attached hydrogens (tertiary/aromatic N) is 2. The van der Waals surface area contributed by atoms with Gasteiger partial charge < -0.3 is 4.40 Å². The Kier molecular flexibility index (Phi) is 3.02. The van der Waals surface area contributed by atoms with Crippen LogP contribution < -0.4 is 4.57 Å². The van der Waals surface area contributed by atoms with E-state index in [1.165, 1.54) is 55.0 Å². The Balaban J connectivity index is 2.17. The van der Waals surface area contributed by atoms with Gasteiger partial charge in [0.15, 0.2) is 6.20 Å². The maximum Gasteiger partial charge on any atom is 0.224 e. The molecule has 0 saturated carbocycles. The van der Waals surface area contributed by atoms with Crippen molar-refractivity contribution in [1.82, 2.24) is 4.40 Å². The molecule has 0 unspecified atom stereocenters. The van der Waals surface area contributed by atoms with E-state index in [2.05, 4.69) is 61.9 Å². The van der Waals surface area contributed by atoms with E-state index in [9.17, 15) is 4.39 Å². The van der Waals surface area contributed by atoms with E-state index in [0.717, 1.165) is 16.3 Å². The number of benzene rings is 3. The molecule has 0 bridgehead atoms. The van der Waals surface area contributed by atoms with Gasteiger partial charge in [-0.25, -0.2) is 8.96 Å². The minimum atomic E-state index is -0.195. The fraction of sp³-hybridized carbons (Fsp3) is 0.192. The number of rotatable bonds is 0. The molecule has 0 radical (unpaired) electrons. The highest BCUT2D eigenvalue weighted by atomic mass is 19.1. The highest BCUT2D eigenvalue weighted by molar-refractivity contribution is 6.26. The Morgan fingerprint density at radius 2 is 1.59 bits per heavy atom. The lowest BCUT2D eigenvalue weighted by molar-refractivity contribution is -0.643. The highest BCUT2D eigenvalue weighted by Gasteiger charge is 2.25. The molecule has 3 aromatic carbocycles. The standard InChI is InChI=1S/C26H22FN2/c1-13-6-7-19-20-10-14(2)15(3)22-25(20)29(24(19)16(13)4)21-12-18(27)11-17-8-9-28(5)26(22)23(17)21/h6-12H,1-5H3/q+1. The van der Waals surface area contributed by atoms with E-state index in [4.69, 9.17) is 0 Å². The van der Waals surface area contributed by atoms with Crippen LogP contribution in [0, 0.1) is 33.5 Å². The molecule has 0 amide bonds. The number of hydrogen-bond donors (Lipinski definition) is 0. The highest BCUT2D eigenvalue weighted by Crippen LogP contribution is 2.42. The fourth-order valence-corrected chi connectivity index (χ4v) is 5.21. The summed E-state index contributed by atoms with van der Waals surface area (Å²) >= 11 is 0. The summed E-state index contributed by atoms with van der Waals surface area (Å²) in [7, 11) is 2.09. The Bertz CT molecular complexity index is 1650. The summed E-state index contributed by atoms with van der Waals surface area (Å²) in [6, 6.07) is 12.1. The lowest BCUT2D eigenvalue weighted by Gasteiger charge is -2.14. The summed E-state index contributed by atoms with van der Waals surface area (Å²) in [5.41, 5.74) is 9.57. The average molecular weight is 381 g/mol. The molecular weight excluding hydrogens is 359 g/mol. The Morgan fingerprint density at radius 1 is 0.793 bits per heavy atom. The van der Waals surface area contributed by atoms with Gasteiger partial charge in [-0.3, -0.25) is 0 Å². The second-order valence-electron chi connectivity index (χ2n) is 8.49. The van der Waals surface area contributed by atoms with Crippen LogP contribution >= 0.6 is 0 Å². The van der Waals surface area contributed by atoms with Crippen molar-refractivity contribution >= 4 is 49.0 Å². The van der Waals surface area contributed by atoms with Crippen LogP contribution in [0.5, 0.6) is 0 Å². The molecule has 2 nitrogen and oxygen atoms in total. The molecule has 0 spiro atoms. The van der Waals surface area contributed by atoms with Gasteiger partial charge in [0.1, 0.15) is 12.9 Å². The number of aromatic nitrogens is 2. The smallest absolute Gasteiger partial charge is 0.224 e. The summed E-state index contributed by atoms with van der Waals surface area (Å²) in [6.45, 7) is 8.72. The quantitative estimate of drug-likeness (QED) is 0.168. The number of aryl methyl sites for hydroxylation is 5. The summed E-state index contributed by atoms with van der Waals surface area (Å²) in [5.74, 6) is -0.195. The second kappa shape index (κ2) is 5.24. The predicted octanol–water partition coefficient (Wildman–Crippen LogP) is 6.19. The third-order valence-electron chi connectivity index (χ3n) is 6.92. The molecular formula is C26H22FN2+. The van der Waals surface area contributed by atoms with Crippen molar-refractivity contribution in [1.29, 1.82) is 0 Å². The summed E-state index contributed by atoms with van der Waals surface area (Å²) in [4.78, 5) is 0. The molecule has 0 N–H and O–H groups in total. The summed E-state index contributed by atoms with van der Waals surface area (Å²) in [5, 5.41) is 5.81.